The Kier molecular flexibility index (Phi) is 10.0. The minimum Gasteiger partial charge on any atom is -0.417 e. The Balaban J connectivity index is 3.61. The summed E-state index contributed by atoms with van der Waals surface area (Å²) in [5, 5.41) is 10.2. The van der Waals surface area contributed by atoms with Gasteiger partial charge in [-0.3, -0.25) is 0 Å². The van der Waals surface area contributed by atoms with Gasteiger partial charge in [-0.1, -0.05) is 66.2 Å². The smallest absolute Gasteiger partial charge is 0.191 e. The first-order valence-corrected chi connectivity index (χ1v) is 11.4. The van der Waals surface area contributed by atoms with Crippen LogP contribution in [0, 0.1) is 0 Å². The molecule has 1 N–H and O–H groups in total. The van der Waals surface area contributed by atoms with Crippen molar-refractivity contribution in [1.29, 1.82) is 0 Å². The Morgan fingerprint density at radius 2 is 1.50 bits per heavy atom. The summed E-state index contributed by atoms with van der Waals surface area (Å²) in [6.45, 7) is 14.3. The van der Waals surface area contributed by atoms with Gasteiger partial charge in [0.1, 0.15) is 0 Å². The third kappa shape index (κ3) is 9.14. The van der Waals surface area contributed by atoms with Crippen molar-refractivity contribution in [3.8, 4) is 0 Å². The molecule has 0 aliphatic carbocycles. The van der Waals surface area contributed by atoms with Gasteiger partial charge in [-0.2, -0.15) is 0 Å². The molecule has 0 saturated carbocycles. The highest BCUT2D eigenvalue weighted by Crippen LogP contribution is 2.36. The van der Waals surface area contributed by atoms with Crippen molar-refractivity contribution in [2.24, 2.45) is 0 Å². The fraction of sp³-hybridized carbons (Fsp3) is 1.00. The number of hydrogen-bond acceptors (Lipinski definition) is 2. The molecule has 0 unspecified atom stereocenters. The predicted molar refractivity (Wildman–Crippen MR) is 91.8 cm³/mol. The first kappa shape index (κ1) is 20.1. The Hall–Kier alpha value is 0.137. The molecule has 0 amide bonds. The van der Waals surface area contributed by atoms with E-state index < -0.39 is 8.32 Å². The standard InChI is InChI=1S/C17H38O2Si/c1-7-8-9-10-11-12-13-16(18)14-15-19-20(5,6)17(2,3)4/h16,18H,7-15H2,1-6H3/t16-/m0/s1. The molecule has 0 aliphatic rings. The second-order valence-corrected chi connectivity index (χ2v) is 12.4. The molecule has 0 aliphatic heterocycles. The first-order valence-electron chi connectivity index (χ1n) is 8.52. The van der Waals surface area contributed by atoms with E-state index in [-0.39, 0.29) is 11.1 Å². The minimum absolute atomic E-state index is 0.175. The van der Waals surface area contributed by atoms with Gasteiger partial charge in [-0.25, -0.2) is 0 Å². The second-order valence-electron chi connectivity index (χ2n) is 7.61. The normalized spacial score (nSPS) is 14.6. The van der Waals surface area contributed by atoms with E-state index in [0.717, 1.165) is 19.3 Å². The van der Waals surface area contributed by atoms with Crippen LogP contribution in [0.5, 0.6) is 0 Å². The van der Waals surface area contributed by atoms with Crippen molar-refractivity contribution in [1.82, 2.24) is 0 Å². The maximum atomic E-state index is 9.99. The van der Waals surface area contributed by atoms with Gasteiger partial charge in [-0.05, 0) is 31.0 Å². The molecular formula is C17H38O2Si. The van der Waals surface area contributed by atoms with E-state index in [2.05, 4.69) is 40.8 Å². The quantitative estimate of drug-likeness (QED) is 0.403. The van der Waals surface area contributed by atoms with Gasteiger partial charge < -0.3 is 9.53 Å². The summed E-state index contributed by atoms with van der Waals surface area (Å²) in [6, 6.07) is 0. The SMILES string of the molecule is CCCCCCCC[C@H](O)CCO[Si](C)(C)C(C)(C)C. The van der Waals surface area contributed by atoms with E-state index in [1.54, 1.807) is 0 Å². The zero-order valence-electron chi connectivity index (χ0n) is 14.8. The highest BCUT2D eigenvalue weighted by Gasteiger charge is 2.36. The van der Waals surface area contributed by atoms with Gasteiger partial charge in [0.05, 0.1) is 6.10 Å². The lowest BCUT2D eigenvalue weighted by molar-refractivity contribution is 0.124. The Morgan fingerprint density at radius 1 is 0.950 bits per heavy atom. The molecule has 20 heavy (non-hydrogen) atoms. The predicted octanol–water partition coefficient (Wildman–Crippen LogP) is 5.51. The van der Waals surface area contributed by atoms with E-state index in [9.17, 15) is 5.11 Å². The van der Waals surface area contributed by atoms with E-state index in [1.165, 1.54) is 32.1 Å². The average Bonchev–Trinajstić information content (AvgIpc) is 2.32. The number of rotatable bonds is 11. The molecule has 0 radical (unpaired) electrons. The zero-order chi connectivity index (χ0) is 15.6. The summed E-state index contributed by atoms with van der Waals surface area (Å²) in [5.41, 5.74) is 0. The van der Waals surface area contributed by atoms with Crippen molar-refractivity contribution in [3.63, 3.8) is 0 Å². The monoisotopic (exact) mass is 302 g/mol. The van der Waals surface area contributed by atoms with Gasteiger partial charge in [0.25, 0.3) is 0 Å². The molecule has 0 saturated heterocycles. The minimum atomic E-state index is -1.64. The highest BCUT2D eigenvalue weighted by atomic mass is 28.4. The van der Waals surface area contributed by atoms with Crippen LogP contribution in [0.3, 0.4) is 0 Å². The van der Waals surface area contributed by atoms with Gasteiger partial charge >= 0.3 is 0 Å². The first-order chi connectivity index (χ1) is 9.20. The summed E-state index contributed by atoms with van der Waals surface area (Å²) >= 11 is 0. The molecule has 0 aromatic rings. The van der Waals surface area contributed by atoms with Crippen LogP contribution in [0.1, 0.15) is 79.1 Å². The number of aliphatic hydroxyl groups is 1. The lowest BCUT2D eigenvalue weighted by Gasteiger charge is -2.36. The molecule has 0 bridgehead atoms. The molecule has 0 rings (SSSR count). The lowest BCUT2D eigenvalue weighted by Crippen LogP contribution is -2.41. The molecule has 122 valence electrons. The third-order valence-corrected chi connectivity index (χ3v) is 9.15. The third-order valence-electron chi connectivity index (χ3n) is 4.61. The van der Waals surface area contributed by atoms with Gasteiger partial charge in [0.2, 0.25) is 0 Å². The van der Waals surface area contributed by atoms with E-state index >= 15 is 0 Å². The number of aliphatic hydroxyl groups excluding tert-OH is 1. The molecule has 0 spiro atoms. The molecule has 0 aromatic heterocycles. The van der Waals surface area contributed by atoms with Crippen LogP contribution in [0.4, 0.5) is 0 Å². The van der Waals surface area contributed by atoms with Crippen LogP contribution < -0.4 is 0 Å². The fourth-order valence-corrected chi connectivity index (χ4v) is 3.03. The van der Waals surface area contributed by atoms with Crippen LogP contribution in [0.25, 0.3) is 0 Å². The van der Waals surface area contributed by atoms with E-state index in [4.69, 9.17) is 4.43 Å². The lowest BCUT2D eigenvalue weighted by atomic mass is 10.1. The van der Waals surface area contributed by atoms with Crippen molar-refractivity contribution in [2.45, 2.75) is 103 Å². The summed E-state index contributed by atoms with van der Waals surface area (Å²) in [6.07, 6.45) is 9.30. The highest BCUT2D eigenvalue weighted by molar-refractivity contribution is 6.74. The van der Waals surface area contributed by atoms with Crippen molar-refractivity contribution < 1.29 is 9.53 Å². The zero-order valence-corrected chi connectivity index (χ0v) is 15.8. The summed E-state index contributed by atoms with van der Waals surface area (Å²) in [4.78, 5) is 0. The second kappa shape index (κ2) is 9.96. The topological polar surface area (TPSA) is 29.5 Å². The Labute approximate surface area is 128 Å². The Morgan fingerprint density at radius 3 is 2.05 bits per heavy atom. The van der Waals surface area contributed by atoms with Gasteiger partial charge in [0.15, 0.2) is 8.32 Å². The number of hydrogen-bond donors (Lipinski definition) is 1. The fourth-order valence-electron chi connectivity index (χ4n) is 1.97. The van der Waals surface area contributed by atoms with Crippen LogP contribution in [0.2, 0.25) is 18.1 Å². The molecule has 1 atom stereocenters. The van der Waals surface area contributed by atoms with E-state index in [0.29, 0.717) is 6.61 Å². The molecular weight excluding hydrogens is 264 g/mol. The van der Waals surface area contributed by atoms with E-state index in [1.807, 2.05) is 0 Å². The maximum Gasteiger partial charge on any atom is 0.191 e. The van der Waals surface area contributed by atoms with Crippen LogP contribution in [-0.2, 0) is 4.43 Å². The average molecular weight is 303 g/mol. The summed E-state index contributed by atoms with van der Waals surface area (Å²) in [7, 11) is -1.64. The molecule has 3 heteroatoms. The summed E-state index contributed by atoms with van der Waals surface area (Å²) < 4.78 is 6.10. The van der Waals surface area contributed by atoms with Crippen LogP contribution >= 0.6 is 0 Å². The van der Waals surface area contributed by atoms with Gasteiger partial charge in [0, 0.05) is 6.61 Å². The van der Waals surface area contributed by atoms with Crippen molar-refractivity contribution in [2.75, 3.05) is 6.61 Å². The largest absolute Gasteiger partial charge is 0.417 e. The molecule has 0 heterocycles. The number of unbranched alkanes of at least 4 members (excludes halogenated alkanes) is 5. The Bertz CT molecular complexity index is 234. The van der Waals surface area contributed by atoms with Gasteiger partial charge in [-0.15, -0.1) is 0 Å². The molecule has 0 aromatic carbocycles. The van der Waals surface area contributed by atoms with Crippen LogP contribution in [-0.4, -0.2) is 26.1 Å². The van der Waals surface area contributed by atoms with Crippen LogP contribution in [0.15, 0.2) is 0 Å². The van der Waals surface area contributed by atoms with Crippen molar-refractivity contribution >= 4 is 8.32 Å². The molecule has 2 nitrogen and oxygen atoms in total. The summed E-state index contributed by atoms with van der Waals surface area (Å²) in [5.74, 6) is 0. The molecule has 0 fully saturated rings. The van der Waals surface area contributed by atoms with Crippen molar-refractivity contribution in [3.05, 3.63) is 0 Å². The maximum absolute atomic E-state index is 9.99.